The molecule has 0 N–H and O–H groups in total. The molecule has 92 valence electrons. The Hall–Kier alpha value is -0.780. The standard InChI is InChI=1S/C9H10.C8H14/c1-2-5-9-7-3-6-8(9)4-1;1-3-7-5-2-6-8(7)4-1/h1-2,4-5H,3,6-7H2;7-8H,1-6H2. The molecular weight excluding hydrogens is 204 g/mol. The molecule has 0 unspecified atom stereocenters. The van der Waals surface area contributed by atoms with Crippen LogP contribution in [0.15, 0.2) is 24.3 Å². The second kappa shape index (κ2) is 5.25. The first-order valence-corrected chi connectivity index (χ1v) is 7.50. The predicted octanol–water partition coefficient (Wildman–Crippen LogP) is 4.76. The van der Waals surface area contributed by atoms with Gasteiger partial charge in [-0.1, -0.05) is 62.8 Å². The molecule has 1 aromatic carbocycles. The zero-order valence-electron chi connectivity index (χ0n) is 10.8. The zero-order valence-corrected chi connectivity index (χ0v) is 10.8. The highest BCUT2D eigenvalue weighted by Crippen LogP contribution is 2.43. The fourth-order valence-corrected chi connectivity index (χ4v) is 4.03. The number of rotatable bonds is 0. The van der Waals surface area contributed by atoms with Crippen LogP contribution in [-0.2, 0) is 12.8 Å². The Morgan fingerprint density at radius 2 is 1.12 bits per heavy atom. The molecule has 0 heteroatoms. The van der Waals surface area contributed by atoms with Gasteiger partial charge in [0.05, 0.1) is 0 Å². The van der Waals surface area contributed by atoms with Gasteiger partial charge in [0.15, 0.2) is 0 Å². The van der Waals surface area contributed by atoms with Crippen LogP contribution in [0.4, 0.5) is 0 Å². The maximum absolute atomic E-state index is 2.24. The van der Waals surface area contributed by atoms with E-state index in [1.54, 1.807) is 36.8 Å². The quantitative estimate of drug-likeness (QED) is 0.600. The fourth-order valence-electron chi connectivity index (χ4n) is 4.03. The topological polar surface area (TPSA) is 0 Å². The van der Waals surface area contributed by atoms with Crippen LogP contribution in [0, 0.1) is 11.8 Å². The van der Waals surface area contributed by atoms with Crippen LogP contribution in [0.5, 0.6) is 0 Å². The third-order valence-corrected chi connectivity index (χ3v) is 4.98. The summed E-state index contributed by atoms with van der Waals surface area (Å²) in [6, 6.07) is 8.74. The van der Waals surface area contributed by atoms with Gasteiger partial charge in [-0.25, -0.2) is 0 Å². The van der Waals surface area contributed by atoms with E-state index in [0.29, 0.717) is 0 Å². The van der Waals surface area contributed by atoms with Crippen molar-refractivity contribution in [1.82, 2.24) is 0 Å². The average Bonchev–Trinajstić information content (AvgIpc) is 3.06. The molecule has 0 saturated heterocycles. The SMILES string of the molecule is C1CC2CCCC2C1.c1ccc2c(c1)CCC2. The molecule has 17 heavy (non-hydrogen) atoms. The van der Waals surface area contributed by atoms with Crippen molar-refractivity contribution in [3.05, 3.63) is 35.4 Å². The van der Waals surface area contributed by atoms with Gasteiger partial charge < -0.3 is 0 Å². The molecule has 0 aliphatic heterocycles. The highest BCUT2D eigenvalue weighted by molar-refractivity contribution is 5.30. The second-order valence-corrected chi connectivity index (χ2v) is 6.00. The van der Waals surface area contributed by atoms with Crippen molar-refractivity contribution in [2.24, 2.45) is 11.8 Å². The minimum absolute atomic E-state index is 1.18. The van der Waals surface area contributed by atoms with Crippen LogP contribution >= 0.6 is 0 Å². The van der Waals surface area contributed by atoms with Crippen LogP contribution in [0.25, 0.3) is 0 Å². The van der Waals surface area contributed by atoms with Crippen molar-refractivity contribution in [2.75, 3.05) is 0 Å². The molecule has 0 atom stereocenters. The molecule has 4 rings (SSSR count). The van der Waals surface area contributed by atoms with E-state index in [1.807, 2.05) is 0 Å². The highest BCUT2D eigenvalue weighted by atomic mass is 14.4. The molecule has 0 spiro atoms. The molecular formula is C17H24. The van der Waals surface area contributed by atoms with Crippen molar-refractivity contribution >= 4 is 0 Å². The van der Waals surface area contributed by atoms with Crippen LogP contribution in [0.3, 0.4) is 0 Å². The number of hydrogen-bond acceptors (Lipinski definition) is 0. The Balaban J connectivity index is 0.000000107. The first kappa shape index (κ1) is 11.3. The third kappa shape index (κ3) is 2.56. The molecule has 3 aliphatic carbocycles. The van der Waals surface area contributed by atoms with E-state index in [0.717, 1.165) is 0 Å². The smallest absolute Gasteiger partial charge is 0.0273 e. The number of fused-ring (bicyclic) bond motifs is 2. The lowest BCUT2D eigenvalue weighted by atomic mass is 10.0. The Kier molecular flexibility index (Phi) is 3.49. The van der Waals surface area contributed by atoms with Crippen LogP contribution in [0.2, 0.25) is 0 Å². The molecule has 2 fully saturated rings. The van der Waals surface area contributed by atoms with E-state index in [9.17, 15) is 0 Å². The second-order valence-electron chi connectivity index (χ2n) is 6.00. The van der Waals surface area contributed by atoms with Gasteiger partial charge in [0.2, 0.25) is 0 Å². The largest absolute Gasteiger partial charge is 0.0620 e. The van der Waals surface area contributed by atoms with Crippen molar-refractivity contribution in [3.8, 4) is 0 Å². The molecule has 0 radical (unpaired) electrons. The summed E-state index contributed by atoms with van der Waals surface area (Å²) in [5.74, 6) is 2.35. The van der Waals surface area contributed by atoms with Crippen LogP contribution in [-0.4, -0.2) is 0 Å². The van der Waals surface area contributed by atoms with E-state index in [-0.39, 0.29) is 0 Å². The summed E-state index contributed by atoms with van der Waals surface area (Å²) < 4.78 is 0. The van der Waals surface area contributed by atoms with Gasteiger partial charge >= 0.3 is 0 Å². The molecule has 0 aromatic heterocycles. The van der Waals surface area contributed by atoms with Crippen molar-refractivity contribution in [1.29, 1.82) is 0 Å². The lowest BCUT2D eigenvalue weighted by Crippen LogP contribution is -1.95. The summed E-state index contributed by atoms with van der Waals surface area (Å²) in [5.41, 5.74) is 3.13. The number of aryl methyl sites for hydroxylation is 2. The number of hydrogen-bond donors (Lipinski definition) is 0. The molecule has 3 aliphatic rings. The van der Waals surface area contributed by atoms with Crippen LogP contribution in [0.1, 0.15) is 56.1 Å². The summed E-state index contributed by atoms with van der Waals surface area (Å²) in [4.78, 5) is 0. The summed E-state index contributed by atoms with van der Waals surface area (Å²) >= 11 is 0. The predicted molar refractivity (Wildman–Crippen MR) is 73.1 cm³/mol. The summed E-state index contributed by atoms with van der Waals surface area (Å²) in [6.07, 6.45) is 13.3. The Morgan fingerprint density at radius 3 is 1.59 bits per heavy atom. The van der Waals surface area contributed by atoms with Gasteiger partial charge in [-0.3, -0.25) is 0 Å². The van der Waals surface area contributed by atoms with Crippen LogP contribution < -0.4 is 0 Å². The highest BCUT2D eigenvalue weighted by Gasteiger charge is 2.30. The van der Waals surface area contributed by atoms with Crippen molar-refractivity contribution in [2.45, 2.75) is 57.8 Å². The lowest BCUT2D eigenvalue weighted by Gasteiger charge is -2.04. The normalized spacial score (nSPS) is 29.4. The minimum Gasteiger partial charge on any atom is -0.0620 e. The van der Waals surface area contributed by atoms with Gasteiger partial charge in [-0.05, 0) is 42.2 Å². The molecule has 0 bridgehead atoms. The Morgan fingerprint density at radius 1 is 0.647 bits per heavy atom. The molecule has 0 amide bonds. The molecule has 0 heterocycles. The summed E-state index contributed by atoms with van der Waals surface area (Å²) in [7, 11) is 0. The van der Waals surface area contributed by atoms with E-state index < -0.39 is 0 Å². The van der Waals surface area contributed by atoms with Gasteiger partial charge in [-0.15, -0.1) is 0 Å². The maximum atomic E-state index is 2.24. The van der Waals surface area contributed by atoms with Gasteiger partial charge in [0.1, 0.15) is 0 Å². The third-order valence-electron chi connectivity index (χ3n) is 4.98. The zero-order chi connectivity index (χ0) is 11.5. The maximum Gasteiger partial charge on any atom is -0.0273 e. The first-order valence-electron chi connectivity index (χ1n) is 7.50. The van der Waals surface area contributed by atoms with E-state index in [2.05, 4.69) is 24.3 Å². The van der Waals surface area contributed by atoms with Crippen molar-refractivity contribution < 1.29 is 0 Å². The lowest BCUT2D eigenvalue weighted by molar-refractivity contribution is 0.457. The average molecular weight is 228 g/mol. The van der Waals surface area contributed by atoms with E-state index in [1.165, 1.54) is 43.9 Å². The van der Waals surface area contributed by atoms with E-state index in [4.69, 9.17) is 0 Å². The molecule has 0 nitrogen and oxygen atoms in total. The van der Waals surface area contributed by atoms with E-state index >= 15 is 0 Å². The van der Waals surface area contributed by atoms with Gasteiger partial charge in [0, 0.05) is 0 Å². The van der Waals surface area contributed by atoms with Gasteiger partial charge in [-0.2, -0.15) is 0 Å². The molecule has 1 aromatic rings. The summed E-state index contributed by atoms with van der Waals surface area (Å²) in [6.45, 7) is 0. The molecule has 2 saturated carbocycles. The fraction of sp³-hybridized carbons (Fsp3) is 0.647. The summed E-state index contributed by atoms with van der Waals surface area (Å²) in [5, 5.41) is 0. The van der Waals surface area contributed by atoms with Crippen molar-refractivity contribution in [3.63, 3.8) is 0 Å². The monoisotopic (exact) mass is 228 g/mol. The Labute approximate surface area is 105 Å². The minimum atomic E-state index is 1.18. The first-order chi connectivity index (χ1) is 8.43. The van der Waals surface area contributed by atoms with Gasteiger partial charge in [0.25, 0.3) is 0 Å². The number of benzene rings is 1. The Bertz CT molecular complexity index is 323.